The molecule has 2 aliphatic carbocycles. The normalized spacial score (nSPS) is 31.8. The van der Waals surface area contributed by atoms with Crippen LogP contribution in [-0.2, 0) is 4.79 Å². The molecule has 0 radical (unpaired) electrons. The van der Waals surface area contributed by atoms with Crippen molar-refractivity contribution in [1.29, 1.82) is 0 Å². The van der Waals surface area contributed by atoms with E-state index in [1.165, 1.54) is 31.2 Å². The second-order valence-corrected chi connectivity index (χ2v) is 7.70. The van der Waals surface area contributed by atoms with Crippen molar-refractivity contribution in [2.45, 2.75) is 44.4 Å². The molecule has 2 bridgehead atoms. The van der Waals surface area contributed by atoms with E-state index in [1.54, 1.807) is 7.11 Å². The number of ether oxygens (including phenoxy) is 2. The lowest BCUT2D eigenvalue weighted by Crippen LogP contribution is -2.33. The average Bonchev–Trinajstić information content (AvgIpc) is 3.23. The van der Waals surface area contributed by atoms with Gasteiger partial charge in [-0.05, 0) is 61.1 Å². The fraction of sp³-hybridized carbons (Fsp3) is 0.650. The highest BCUT2D eigenvalue weighted by Crippen LogP contribution is 2.48. The van der Waals surface area contributed by atoms with Crippen molar-refractivity contribution in [1.82, 2.24) is 5.32 Å². The molecule has 1 amide bonds. The molecule has 1 aliphatic heterocycles. The number of hydrogen-bond acceptors (Lipinski definition) is 3. The number of carbonyl (C=O) groups is 1. The molecule has 0 aromatic heterocycles. The van der Waals surface area contributed by atoms with Crippen molar-refractivity contribution in [2.24, 2.45) is 17.8 Å². The second-order valence-electron chi connectivity index (χ2n) is 7.70. The minimum atomic E-state index is 0.160. The molecule has 1 aromatic carbocycles. The van der Waals surface area contributed by atoms with E-state index in [4.69, 9.17) is 9.47 Å². The molecule has 3 fully saturated rings. The van der Waals surface area contributed by atoms with Crippen LogP contribution < -0.4 is 14.8 Å². The zero-order valence-electron chi connectivity index (χ0n) is 14.4. The Bertz CT molecular complexity index is 605. The first-order valence-electron chi connectivity index (χ1n) is 9.30. The van der Waals surface area contributed by atoms with Gasteiger partial charge in [0, 0.05) is 18.9 Å². The maximum absolute atomic E-state index is 11.4. The summed E-state index contributed by atoms with van der Waals surface area (Å²) in [6.07, 6.45) is 7.07. The van der Waals surface area contributed by atoms with Gasteiger partial charge in [-0.25, -0.2) is 0 Å². The SMILES string of the molecule is COc1ccc(C2CCC(=O)NC2)cc1OC[C@@H]1CC2CCC1C2. The first kappa shape index (κ1) is 15.8. The van der Waals surface area contributed by atoms with Crippen LogP contribution in [0.15, 0.2) is 18.2 Å². The van der Waals surface area contributed by atoms with Crippen LogP contribution in [0.3, 0.4) is 0 Å². The van der Waals surface area contributed by atoms with Gasteiger partial charge in [-0.2, -0.15) is 0 Å². The number of nitrogens with one attached hydrogen (secondary N) is 1. The average molecular weight is 329 g/mol. The zero-order chi connectivity index (χ0) is 16.5. The summed E-state index contributed by atoms with van der Waals surface area (Å²) < 4.78 is 11.7. The largest absolute Gasteiger partial charge is 0.493 e. The van der Waals surface area contributed by atoms with Crippen LogP contribution in [0, 0.1) is 17.8 Å². The fourth-order valence-electron chi connectivity index (χ4n) is 4.85. The number of methoxy groups -OCH3 is 1. The Kier molecular flexibility index (Phi) is 4.38. The number of fused-ring (bicyclic) bond motifs is 2. The third-order valence-corrected chi connectivity index (χ3v) is 6.26. The topological polar surface area (TPSA) is 47.6 Å². The van der Waals surface area contributed by atoms with Crippen molar-refractivity contribution in [3.8, 4) is 11.5 Å². The smallest absolute Gasteiger partial charge is 0.220 e. The molecule has 1 aromatic rings. The van der Waals surface area contributed by atoms with Crippen LogP contribution in [0.5, 0.6) is 11.5 Å². The Labute approximate surface area is 143 Å². The molecule has 4 rings (SSSR count). The van der Waals surface area contributed by atoms with Gasteiger partial charge in [-0.1, -0.05) is 12.5 Å². The Morgan fingerprint density at radius 1 is 1.17 bits per heavy atom. The summed E-state index contributed by atoms with van der Waals surface area (Å²) in [6, 6.07) is 6.22. The van der Waals surface area contributed by atoms with Gasteiger partial charge in [0.1, 0.15) is 0 Å². The van der Waals surface area contributed by atoms with Gasteiger partial charge in [-0.15, -0.1) is 0 Å². The first-order chi connectivity index (χ1) is 11.7. The maximum Gasteiger partial charge on any atom is 0.220 e. The van der Waals surface area contributed by atoms with Gasteiger partial charge in [-0.3, -0.25) is 4.79 Å². The molecule has 1 N–H and O–H groups in total. The van der Waals surface area contributed by atoms with Crippen molar-refractivity contribution in [3.63, 3.8) is 0 Å². The molecule has 0 spiro atoms. The highest BCUT2D eigenvalue weighted by atomic mass is 16.5. The second kappa shape index (κ2) is 6.66. The molecular formula is C20H27NO3. The van der Waals surface area contributed by atoms with Crippen LogP contribution in [0.25, 0.3) is 0 Å². The van der Waals surface area contributed by atoms with Gasteiger partial charge in [0.05, 0.1) is 13.7 Å². The Morgan fingerprint density at radius 2 is 2.08 bits per heavy atom. The number of carbonyl (C=O) groups excluding carboxylic acids is 1. The minimum Gasteiger partial charge on any atom is -0.493 e. The number of benzene rings is 1. The number of amides is 1. The molecule has 2 saturated carbocycles. The summed E-state index contributed by atoms with van der Waals surface area (Å²) >= 11 is 0. The Morgan fingerprint density at radius 3 is 2.75 bits per heavy atom. The monoisotopic (exact) mass is 329 g/mol. The first-order valence-corrected chi connectivity index (χ1v) is 9.30. The standard InChI is InChI=1S/C20H27NO3/c1-23-18-6-4-15(16-5-7-20(22)21-11-16)10-19(18)24-12-17-9-13-2-3-14(17)8-13/h4,6,10,13-14,16-17H,2-3,5,7-9,11-12H2,1H3,(H,21,22)/t13?,14?,16?,17-/m0/s1. The van der Waals surface area contributed by atoms with E-state index in [1.807, 2.05) is 6.07 Å². The summed E-state index contributed by atoms with van der Waals surface area (Å²) in [5.74, 6) is 4.73. The molecule has 3 aliphatic rings. The van der Waals surface area contributed by atoms with Gasteiger partial charge < -0.3 is 14.8 Å². The molecule has 3 unspecified atom stereocenters. The third kappa shape index (κ3) is 3.11. The number of rotatable bonds is 5. The molecule has 4 atom stereocenters. The molecule has 4 nitrogen and oxygen atoms in total. The molecule has 4 heteroatoms. The highest BCUT2D eigenvalue weighted by Gasteiger charge is 2.39. The lowest BCUT2D eigenvalue weighted by molar-refractivity contribution is -0.122. The molecule has 1 heterocycles. The molecule has 130 valence electrons. The van der Waals surface area contributed by atoms with Crippen molar-refractivity contribution >= 4 is 5.91 Å². The summed E-state index contributed by atoms with van der Waals surface area (Å²) in [5, 5.41) is 2.96. The van der Waals surface area contributed by atoms with E-state index in [9.17, 15) is 4.79 Å². The van der Waals surface area contributed by atoms with Crippen LogP contribution >= 0.6 is 0 Å². The van der Waals surface area contributed by atoms with Gasteiger partial charge in [0.2, 0.25) is 5.91 Å². The zero-order valence-corrected chi connectivity index (χ0v) is 14.4. The van der Waals surface area contributed by atoms with E-state index >= 15 is 0 Å². The predicted molar refractivity (Wildman–Crippen MR) is 92.4 cm³/mol. The van der Waals surface area contributed by atoms with Crippen molar-refractivity contribution < 1.29 is 14.3 Å². The maximum atomic E-state index is 11.4. The minimum absolute atomic E-state index is 0.160. The highest BCUT2D eigenvalue weighted by molar-refractivity contribution is 5.76. The van der Waals surface area contributed by atoms with E-state index in [0.29, 0.717) is 18.3 Å². The van der Waals surface area contributed by atoms with Gasteiger partial charge >= 0.3 is 0 Å². The molecular weight excluding hydrogens is 302 g/mol. The van der Waals surface area contributed by atoms with Gasteiger partial charge in [0.25, 0.3) is 0 Å². The Balaban J connectivity index is 1.44. The van der Waals surface area contributed by atoms with Crippen LogP contribution in [-0.4, -0.2) is 26.2 Å². The summed E-state index contributed by atoms with van der Waals surface area (Å²) in [7, 11) is 1.69. The third-order valence-electron chi connectivity index (χ3n) is 6.26. The van der Waals surface area contributed by atoms with Crippen molar-refractivity contribution in [3.05, 3.63) is 23.8 Å². The summed E-state index contributed by atoms with van der Waals surface area (Å²) in [4.78, 5) is 11.4. The fourth-order valence-corrected chi connectivity index (χ4v) is 4.85. The number of hydrogen-bond donors (Lipinski definition) is 1. The van der Waals surface area contributed by atoms with Crippen LogP contribution in [0.1, 0.15) is 50.0 Å². The lowest BCUT2D eigenvalue weighted by Gasteiger charge is -2.25. The van der Waals surface area contributed by atoms with E-state index < -0.39 is 0 Å². The Hall–Kier alpha value is -1.71. The number of piperidine rings is 1. The quantitative estimate of drug-likeness (QED) is 0.899. The van der Waals surface area contributed by atoms with E-state index in [-0.39, 0.29) is 5.91 Å². The van der Waals surface area contributed by atoms with Crippen LogP contribution in [0.2, 0.25) is 0 Å². The van der Waals surface area contributed by atoms with Crippen LogP contribution in [0.4, 0.5) is 0 Å². The predicted octanol–water partition coefficient (Wildman–Crippen LogP) is 3.50. The molecule has 1 saturated heterocycles. The van der Waals surface area contributed by atoms with E-state index in [0.717, 1.165) is 42.9 Å². The lowest BCUT2D eigenvalue weighted by atomic mass is 9.89. The van der Waals surface area contributed by atoms with Crippen molar-refractivity contribution in [2.75, 3.05) is 20.3 Å². The summed E-state index contributed by atoms with van der Waals surface area (Å²) in [6.45, 7) is 1.53. The van der Waals surface area contributed by atoms with E-state index in [2.05, 4.69) is 17.4 Å². The summed E-state index contributed by atoms with van der Waals surface area (Å²) in [5.41, 5.74) is 1.23. The molecule has 24 heavy (non-hydrogen) atoms. The van der Waals surface area contributed by atoms with Gasteiger partial charge in [0.15, 0.2) is 11.5 Å².